The minimum atomic E-state index is -0.179. The summed E-state index contributed by atoms with van der Waals surface area (Å²) in [6, 6.07) is 8.50. The molecule has 0 spiro atoms. The number of nitrogens with zero attached hydrogens (tertiary/aromatic N) is 1. The van der Waals surface area contributed by atoms with Crippen LogP contribution >= 0.6 is 0 Å². The molecule has 0 aliphatic carbocycles. The zero-order valence-electron chi connectivity index (χ0n) is 9.32. The third-order valence-electron chi connectivity index (χ3n) is 3.04. The highest BCUT2D eigenvalue weighted by Gasteiger charge is 2.19. The summed E-state index contributed by atoms with van der Waals surface area (Å²) in [5.41, 5.74) is 2.73. The molecule has 82 valence electrons. The number of anilines is 1. The van der Waals surface area contributed by atoms with Crippen molar-refractivity contribution in [3.8, 4) is 0 Å². The molecule has 0 saturated heterocycles. The molecule has 0 amide bonds. The van der Waals surface area contributed by atoms with E-state index in [0.717, 1.165) is 32.4 Å². The zero-order chi connectivity index (χ0) is 10.7. The van der Waals surface area contributed by atoms with Gasteiger partial charge in [-0.05, 0) is 24.5 Å². The lowest BCUT2D eigenvalue weighted by Crippen LogP contribution is -2.30. The Morgan fingerprint density at radius 3 is 3.00 bits per heavy atom. The van der Waals surface area contributed by atoms with Gasteiger partial charge in [0.15, 0.2) is 0 Å². The van der Waals surface area contributed by atoms with Crippen LogP contribution in [0.15, 0.2) is 24.3 Å². The van der Waals surface area contributed by atoms with Gasteiger partial charge in [0.25, 0.3) is 0 Å². The summed E-state index contributed by atoms with van der Waals surface area (Å²) in [6.45, 7) is 3.95. The molecule has 0 aromatic heterocycles. The predicted molar refractivity (Wildman–Crippen MR) is 63.3 cm³/mol. The summed E-state index contributed by atoms with van der Waals surface area (Å²) >= 11 is 0. The Kier molecular flexibility index (Phi) is 3.27. The van der Waals surface area contributed by atoms with E-state index in [9.17, 15) is 5.11 Å². The molecule has 2 rings (SSSR count). The fourth-order valence-corrected chi connectivity index (χ4v) is 2.28. The average Bonchev–Trinajstić information content (AvgIpc) is 2.62. The number of aliphatic hydroxyl groups excluding tert-OH is 1. The number of hydrogen-bond donors (Lipinski definition) is 1. The van der Waals surface area contributed by atoms with Crippen LogP contribution in [0.25, 0.3) is 0 Å². The van der Waals surface area contributed by atoms with E-state index in [1.807, 2.05) is 0 Å². The predicted octanol–water partition coefficient (Wildman–Crippen LogP) is 2.21. The Bertz CT molecular complexity index is 324. The molecule has 0 saturated carbocycles. The molecule has 1 aromatic carbocycles. The SMILES string of the molecule is CCCC(O)CN1CCc2ccccc21. The largest absolute Gasteiger partial charge is 0.391 e. The highest BCUT2D eigenvalue weighted by molar-refractivity contribution is 5.57. The summed E-state index contributed by atoms with van der Waals surface area (Å²) in [7, 11) is 0. The molecule has 0 radical (unpaired) electrons. The Balaban J connectivity index is 2.01. The van der Waals surface area contributed by atoms with Crippen LogP contribution in [0.2, 0.25) is 0 Å². The lowest BCUT2D eigenvalue weighted by atomic mass is 10.1. The van der Waals surface area contributed by atoms with Crippen LogP contribution < -0.4 is 4.90 Å². The number of β-amino-alcohol motifs (C(OH)–C–C–N with tert-alkyl or cyclic N) is 1. The van der Waals surface area contributed by atoms with E-state index in [1.54, 1.807) is 0 Å². The first kappa shape index (κ1) is 10.5. The van der Waals surface area contributed by atoms with E-state index in [-0.39, 0.29) is 6.10 Å². The molecule has 0 bridgehead atoms. The van der Waals surface area contributed by atoms with Crippen molar-refractivity contribution in [2.24, 2.45) is 0 Å². The summed E-state index contributed by atoms with van der Waals surface area (Å²) < 4.78 is 0. The number of para-hydroxylation sites is 1. The number of rotatable bonds is 4. The van der Waals surface area contributed by atoms with E-state index in [0.29, 0.717) is 0 Å². The molecule has 0 fully saturated rings. The Labute approximate surface area is 91.5 Å². The molecule has 2 heteroatoms. The topological polar surface area (TPSA) is 23.5 Å². The normalized spacial score (nSPS) is 16.5. The molecular weight excluding hydrogens is 186 g/mol. The van der Waals surface area contributed by atoms with Crippen molar-refractivity contribution in [2.45, 2.75) is 32.3 Å². The van der Waals surface area contributed by atoms with Crippen molar-refractivity contribution < 1.29 is 5.11 Å². The number of aliphatic hydroxyl groups is 1. The molecule has 1 unspecified atom stereocenters. The summed E-state index contributed by atoms with van der Waals surface area (Å²) in [5.74, 6) is 0. The van der Waals surface area contributed by atoms with Gasteiger partial charge in [0, 0.05) is 18.8 Å². The maximum absolute atomic E-state index is 9.79. The average molecular weight is 205 g/mol. The summed E-state index contributed by atoms with van der Waals surface area (Å²) in [6.07, 6.45) is 2.89. The fraction of sp³-hybridized carbons (Fsp3) is 0.538. The van der Waals surface area contributed by atoms with Crippen molar-refractivity contribution in [3.05, 3.63) is 29.8 Å². The van der Waals surface area contributed by atoms with E-state index >= 15 is 0 Å². The Hall–Kier alpha value is -1.02. The second-order valence-electron chi connectivity index (χ2n) is 4.27. The Morgan fingerprint density at radius 1 is 1.40 bits per heavy atom. The molecule has 1 aromatic rings. The lowest BCUT2D eigenvalue weighted by Gasteiger charge is -2.22. The lowest BCUT2D eigenvalue weighted by molar-refractivity contribution is 0.169. The van der Waals surface area contributed by atoms with Crippen LogP contribution in [0, 0.1) is 0 Å². The van der Waals surface area contributed by atoms with E-state index in [2.05, 4.69) is 36.1 Å². The standard InChI is InChI=1S/C13H19NO/c1-2-5-12(15)10-14-9-8-11-6-3-4-7-13(11)14/h3-4,6-7,12,15H,2,5,8-10H2,1H3. The molecule has 1 aliphatic rings. The van der Waals surface area contributed by atoms with Crippen LogP contribution in [0.4, 0.5) is 5.69 Å². The number of hydrogen-bond acceptors (Lipinski definition) is 2. The van der Waals surface area contributed by atoms with Crippen molar-refractivity contribution in [1.29, 1.82) is 0 Å². The van der Waals surface area contributed by atoms with Crippen molar-refractivity contribution in [1.82, 2.24) is 0 Å². The van der Waals surface area contributed by atoms with Gasteiger partial charge >= 0.3 is 0 Å². The minimum Gasteiger partial charge on any atom is -0.391 e. The maximum atomic E-state index is 9.79. The minimum absolute atomic E-state index is 0.179. The van der Waals surface area contributed by atoms with Crippen LogP contribution in [-0.4, -0.2) is 24.3 Å². The van der Waals surface area contributed by atoms with E-state index < -0.39 is 0 Å². The van der Waals surface area contributed by atoms with Gasteiger partial charge in [-0.1, -0.05) is 31.5 Å². The number of benzene rings is 1. The maximum Gasteiger partial charge on any atom is 0.0715 e. The van der Waals surface area contributed by atoms with Crippen LogP contribution in [-0.2, 0) is 6.42 Å². The van der Waals surface area contributed by atoms with Gasteiger partial charge in [-0.3, -0.25) is 0 Å². The molecule has 1 heterocycles. The van der Waals surface area contributed by atoms with Gasteiger partial charge in [0.2, 0.25) is 0 Å². The Morgan fingerprint density at radius 2 is 2.20 bits per heavy atom. The molecule has 1 atom stereocenters. The first-order chi connectivity index (χ1) is 7.31. The second-order valence-corrected chi connectivity index (χ2v) is 4.27. The second kappa shape index (κ2) is 4.67. The van der Waals surface area contributed by atoms with Crippen molar-refractivity contribution >= 4 is 5.69 Å². The van der Waals surface area contributed by atoms with Gasteiger partial charge in [0.1, 0.15) is 0 Å². The summed E-state index contributed by atoms with van der Waals surface area (Å²) in [5, 5.41) is 9.79. The van der Waals surface area contributed by atoms with Gasteiger partial charge in [-0.2, -0.15) is 0 Å². The van der Waals surface area contributed by atoms with E-state index in [4.69, 9.17) is 0 Å². The van der Waals surface area contributed by atoms with Crippen LogP contribution in [0.5, 0.6) is 0 Å². The molecule has 1 N–H and O–H groups in total. The van der Waals surface area contributed by atoms with E-state index in [1.165, 1.54) is 11.3 Å². The van der Waals surface area contributed by atoms with Gasteiger partial charge < -0.3 is 10.0 Å². The smallest absolute Gasteiger partial charge is 0.0715 e. The third kappa shape index (κ3) is 2.32. The van der Waals surface area contributed by atoms with Crippen LogP contribution in [0.3, 0.4) is 0 Å². The summed E-state index contributed by atoms with van der Waals surface area (Å²) in [4.78, 5) is 2.30. The van der Waals surface area contributed by atoms with Gasteiger partial charge in [0.05, 0.1) is 6.10 Å². The first-order valence-electron chi connectivity index (χ1n) is 5.82. The van der Waals surface area contributed by atoms with Gasteiger partial charge in [-0.25, -0.2) is 0 Å². The fourth-order valence-electron chi connectivity index (χ4n) is 2.28. The van der Waals surface area contributed by atoms with Crippen molar-refractivity contribution in [2.75, 3.05) is 18.0 Å². The van der Waals surface area contributed by atoms with Crippen LogP contribution in [0.1, 0.15) is 25.3 Å². The third-order valence-corrected chi connectivity index (χ3v) is 3.04. The number of fused-ring (bicyclic) bond motifs is 1. The van der Waals surface area contributed by atoms with Crippen molar-refractivity contribution in [3.63, 3.8) is 0 Å². The molecule has 1 aliphatic heterocycles. The first-order valence-corrected chi connectivity index (χ1v) is 5.82. The molecule has 15 heavy (non-hydrogen) atoms. The highest BCUT2D eigenvalue weighted by Crippen LogP contribution is 2.27. The molecular formula is C13H19NO. The van der Waals surface area contributed by atoms with Gasteiger partial charge in [-0.15, -0.1) is 0 Å². The quantitative estimate of drug-likeness (QED) is 0.814. The highest BCUT2D eigenvalue weighted by atomic mass is 16.3. The molecule has 2 nitrogen and oxygen atoms in total. The zero-order valence-corrected chi connectivity index (χ0v) is 9.32. The monoisotopic (exact) mass is 205 g/mol.